The Kier molecular flexibility index (Phi) is 3.05. The lowest BCUT2D eigenvalue weighted by molar-refractivity contribution is 0.273. The molecule has 1 fully saturated rings. The number of rotatable bonds is 3. The molecule has 0 bridgehead atoms. The summed E-state index contributed by atoms with van der Waals surface area (Å²) < 4.78 is 25.5. The van der Waals surface area contributed by atoms with Gasteiger partial charge in [-0.05, 0) is 6.42 Å². The van der Waals surface area contributed by atoms with Gasteiger partial charge >= 0.3 is 0 Å². The lowest BCUT2D eigenvalue weighted by Gasteiger charge is -2.14. The van der Waals surface area contributed by atoms with E-state index in [2.05, 4.69) is 0 Å². The van der Waals surface area contributed by atoms with E-state index in [9.17, 15) is 8.42 Å². The Bertz CT molecular complexity index is 239. The van der Waals surface area contributed by atoms with Crippen molar-refractivity contribution in [2.45, 2.75) is 6.42 Å². The third-order valence-electron chi connectivity index (χ3n) is 1.95. The van der Waals surface area contributed by atoms with Crippen LogP contribution in [0.1, 0.15) is 6.42 Å². The van der Waals surface area contributed by atoms with Crippen LogP contribution in [0.2, 0.25) is 0 Å². The molecule has 5 nitrogen and oxygen atoms in total. The number of aliphatic hydroxyl groups excluding tert-OH is 1. The van der Waals surface area contributed by atoms with Gasteiger partial charge in [0.25, 0.3) is 10.2 Å². The molecule has 1 saturated heterocycles. The van der Waals surface area contributed by atoms with Crippen LogP contribution in [0.3, 0.4) is 0 Å². The number of hydrogen-bond donors (Lipinski definition) is 1. The van der Waals surface area contributed by atoms with Crippen LogP contribution in [0.15, 0.2) is 0 Å². The first kappa shape index (κ1) is 9.91. The molecule has 0 atom stereocenters. The zero-order valence-corrected chi connectivity index (χ0v) is 7.92. The molecule has 0 amide bonds. The second kappa shape index (κ2) is 3.69. The lowest BCUT2D eigenvalue weighted by atomic mass is 10.4. The molecule has 0 aliphatic carbocycles. The highest BCUT2D eigenvalue weighted by molar-refractivity contribution is 7.87. The van der Waals surface area contributed by atoms with E-state index in [1.165, 1.54) is 8.61 Å². The van der Waals surface area contributed by atoms with Gasteiger partial charge in [-0.25, -0.2) is 0 Å². The molecule has 0 aromatic carbocycles. The third kappa shape index (κ3) is 1.77. The molecule has 0 aromatic heterocycles. The Morgan fingerprint density at radius 1 is 1.42 bits per heavy atom. The number of hydrogen-bond acceptors (Lipinski definition) is 3. The Morgan fingerprint density at radius 2 is 2.08 bits per heavy atom. The highest BCUT2D eigenvalue weighted by Crippen LogP contribution is 2.13. The van der Waals surface area contributed by atoms with Gasteiger partial charge < -0.3 is 5.11 Å². The largest absolute Gasteiger partial charge is 0.396 e. The zero-order chi connectivity index (χ0) is 9.19. The molecular weight excluding hydrogens is 180 g/mol. The summed E-state index contributed by atoms with van der Waals surface area (Å²) in [6.45, 7) is 1.55. The average molecular weight is 194 g/mol. The van der Waals surface area contributed by atoms with E-state index in [4.69, 9.17) is 5.11 Å². The molecule has 1 rings (SSSR count). The van der Waals surface area contributed by atoms with Gasteiger partial charge in [-0.1, -0.05) is 0 Å². The van der Waals surface area contributed by atoms with Crippen LogP contribution < -0.4 is 0 Å². The molecule has 12 heavy (non-hydrogen) atoms. The monoisotopic (exact) mass is 194 g/mol. The maximum absolute atomic E-state index is 11.4. The molecule has 6 heteroatoms. The highest BCUT2D eigenvalue weighted by atomic mass is 32.2. The molecule has 1 N–H and O–H groups in total. The maximum atomic E-state index is 11.4. The molecule has 1 aliphatic heterocycles. The van der Waals surface area contributed by atoms with Crippen molar-refractivity contribution < 1.29 is 13.5 Å². The van der Waals surface area contributed by atoms with E-state index in [0.717, 1.165) is 0 Å². The number of nitrogens with zero attached hydrogens (tertiary/aromatic N) is 2. The van der Waals surface area contributed by atoms with Crippen molar-refractivity contribution in [3.05, 3.63) is 0 Å². The minimum atomic E-state index is -3.18. The van der Waals surface area contributed by atoms with Gasteiger partial charge in [0.15, 0.2) is 0 Å². The first-order chi connectivity index (χ1) is 5.59. The smallest absolute Gasteiger partial charge is 0.281 e. The standard InChI is InChI=1S/C6H14N2O3S/c1-7-4-5-8(3-2-6-9)12(7,10)11/h9H,2-6H2,1H3. The van der Waals surface area contributed by atoms with E-state index in [1.807, 2.05) is 0 Å². The van der Waals surface area contributed by atoms with E-state index >= 15 is 0 Å². The summed E-state index contributed by atoms with van der Waals surface area (Å²) in [5.41, 5.74) is 0. The fourth-order valence-corrected chi connectivity index (χ4v) is 2.53. The van der Waals surface area contributed by atoms with Crippen LogP contribution >= 0.6 is 0 Å². The maximum Gasteiger partial charge on any atom is 0.281 e. The SMILES string of the molecule is CN1CCN(CCCO)S1(=O)=O. The van der Waals surface area contributed by atoms with Gasteiger partial charge in [-0.3, -0.25) is 0 Å². The molecular formula is C6H14N2O3S. The second-order valence-electron chi connectivity index (χ2n) is 2.81. The van der Waals surface area contributed by atoms with Gasteiger partial charge in [0.05, 0.1) is 0 Å². The van der Waals surface area contributed by atoms with E-state index < -0.39 is 10.2 Å². The van der Waals surface area contributed by atoms with Crippen LogP contribution in [-0.2, 0) is 10.2 Å². The summed E-state index contributed by atoms with van der Waals surface area (Å²) in [4.78, 5) is 0. The molecule has 1 aliphatic rings. The summed E-state index contributed by atoms with van der Waals surface area (Å²) in [6.07, 6.45) is 0.507. The summed E-state index contributed by atoms with van der Waals surface area (Å²) in [7, 11) is -1.62. The molecule has 1 heterocycles. The molecule has 0 spiro atoms. The second-order valence-corrected chi connectivity index (χ2v) is 4.84. The normalized spacial score (nSPS) is 24.8. The first-order valence-electron chi connectivity index (χ1n) is 3.91. The Balaban J connectivity index is 2.57. The van der Waals surface area contributed by atoms with Crippen molar-refractivity contribution in [3.8, 4) is 0 Å². The van der Waals surface area contributed by atoms with Crippen molar-refractivity contribution in [2.75, 3.05) is 33.3 Å². The summed E-state index contributed by atoms with van der Waals surface area (Å²) >= 11 is 0. The van der Waals surface area contributed by atoms with Crippen LogP contribution in [0, 0.1) is 0 Å². The van der Waals surface area contributed by atoms with Crippen molar-refractivity contribution in [2.24, 2.45) is 0 Å². The predicted molar refractivity (Wildman–Crippen MR) is 44.8 cm³/mol. The van der Waals surface area contributed by atoms with Crippen LogP contribution in [0.25, 0.3) is 0 Å². The molecule has 0 saturated carbocycles. The first-order valence-corrected chi connectivity index (χ1v) is 5.31. The van der Waals surface area contributed by atoms with Gasteiger partial charge in [-0.2, -0.15) is 17.0 Å². The van der Waals surface area contributed by atoms with Crippen molar-refractivity contribution in [3.63, 3.8) is 0 Å². The summed E-state index contributed by atoms with van der Waals surface area (Å²) in [6, 6.07) is 0. The quantitative estimate of drug-likeness (QED) is 0.618. The van der Waals surface area contributed by atoms with Crippen molar-refractivity contribution in [1.82, 2.24) is 8.61 Å². The molecule has 0 aromatic rings. The Hall–Kier alpha value is -0.170. The van der Waals surface area contributed by atoms with Crippen LogP contribution in [0.5, 0.6) is 0 Å². The number of likely N-dealkylation sites (N-methyl/N-ethyl adjacent to an activating group) is 1. The Morgan fingerprint density at radius 3 is 2.50 bits per heavy atom. The highest BCUT2D eigenvalue weighted by Gasteiger charge is 2.32. The average Bonchev–Trinajstić information content (AvgIpc) is 2.25. The van der Waals surface area contributed by atoms with E-state index in [0.29, 0.717) is 26.1 Å². The van der Waals surface area contributed by atoms with Crippen LogP contribution in [-0.4, -0.2) is 55.4 Å². The van der Waals surface area contributed by atoms with Crippen molar-refractivity contribution in [1.29, 1.82) is 0 Å². The van der Waals surface area contributed by atoms with Crippen LogP contribution in [0.4, 0.5) is 0 Å². The van der Waals surface area contributed by atoms with E-state index in [-0.39, 0.29) is 6.61 Å². The molecule has 0 unspecified atom stereocenters. The minimum absolute atomic E-state index is 0.0374. The van der Waals surface area contributed by atoms with Gasteiger partial charge in [-0.15, -0.1) is 0 Å². The molecule has 0 radical (unpaired) electrons. The zero-order valence-electron chi connectivity index (χ0n) is 7.10. The summed E-state index contributed by atoms with van der Waals surface area (Å²) in [5, 5.41) is 8.53. The van der Waals surface area contributed by atoms with Crippen molar-refractivity contribution >= 4 is 10.2 Å². The minimum Gasteiger partial charge on any atom is -0.396 e. The van der Waals surface area contributed by atoms with E-state index in [1.54, 1.807) is 7.05 Å². The third-order valence-corrected chi connectivity index (χ3v) is 3.94. The summed E-state index contributed by atoms with van der Waals surface area (Å²) in [5.74, 6) is 0. The Labute approximate surface area is 72.8 Å². The van der Waals surface area contributed by atoms with Gasteiger partial charge in [0.1, 0.15) is 0 Å². The topological polar surface area (TPSA) is 60.9 Å². The lowest BCUT2D eigenvalue weighted by Crippen LogP contribution is -2.31. The van der Waals surface area contributed by atoms with Gasteiger partial charge in [0, 0.05) is 33.3 Å². The predicted octanol–water partition coefficient (Wildman–Crippen LogP) is -1.14. The fourth-order valence-electron chi connectivity index (χ4n) is 1.15. The number of aliphatic hydroxyl groups is 1. The van der Waals surface area contributed by atoms with Gasteiger partial charge in [0.2, 0.25) is 0 Å². The fraction of sp³-hybridized carbons (Fsp3) is 1.00. The molecule has 72 valence electrons.